The Morgan fingerprint density at radius 2 is 1.76 bits per heavy atom. The van der Waals surface area contributed by atoms with Gasteiger partial charge in [0.1, 0.15) is 17.4 Å². The number of hydrogen-bond donors (Lipinski definition) is 1. The predicted octanol–water partition coefficient (Wildman–Crippen LogP) is 4.83. The highest BCUT2D eigenvalue weighted by Gasteiger charge is 2.15. The molecule has 0 spiro atoms. The fraction of sp³-hybridized carbons (Fsp3) is 0.192. The summed E-state index contributed by atoms with van der Waals surface area (Å²) in [6, 6.07) is 17.9. The molecule has 3 rings (SSSR count). The summed E-state index contributed by atoms with van der Waals surface area (Å²) in [5.41, 5.74) is 4.43. The summed E-state index contributed by atoms with van der Waals surface area (Å²) >= 11 is 0. The number of aromatic nitrogens is 1. The molecule has 1 heterocycles. The summed E-state index contributed by atoms with van der Waals surface area (Å²) in [4.78, 5) is 24.5. The maximum Gasteiger partial charge on any atom is 0.338 e. The number of carbonyl (C=O) groups is 2. The van der Waals surface area contributed by atoms with Crippen molar-refractivity contribution in [2.45, 2.75) is 20.8 Å². The fourth-order valence-corrected chi connectivity index (χ4v) is 3.47. The Morgan fingerprint density at radius 1 is 1.09 bits per heavy atom. The van der Waals surface area contributed by atoms with Crippen molar-refractivity contribution in [3.8, 4) is 17.5 Å². The summed E-state index contributed by atoms with van der Waals surface area (Å²) in [7, 11) is 1.56. The molecule has 1 amide bonds. The highest BCUT2D eigenvalue weighted by molar-refractivity contribution is 6.09. The van der Waals surface area contributed by atoms with Gasteiger partial charge in [-0.05, 0) is 87.0 Å². The van der Waals surface area contributed by atoms with Crippen molar-refractivity contribution in [3.05, 3.63) is 82.7 Å². The van der Waals surface area contributed by atoms with E-state index in [4.69, 9.17) is 9.47 Å². The Hall–Kier alpha value is -4.31. The van der Waals surface area contributed by atoms with E-state index in [1.807, 2.05) is 42.7 Å². The summed E-state index contributed by atoms with van der Waals surface area (Å²) in [5.74, 6) is -0.187. The molecule has 7 nitrogen and oxygen atoms in total. The van der Waals surface area contributed by atoms with Crippen LogP contribution in [0.2, 0.25) is 0 Å². The lowest BCUT2D eigenvalue weighted by Crippen LogP contribution is -2.13. The summed E-state index contributed by atoms with van der Waals surface area (Å²) in [5, 5.41) is 12.3. The largest absolute Gasteiger partial charge is 0.497 e. The minimum absolute atomic E-state index is 0.0104. The van der Waals surface area contributed by atoms with Gasteiger partial charge in [0.25, 0.3) is 5.91 Å². The van der Waals surface area contributed by atoms with Crippen LogP contribution in [-0.4, -0.2) is 30.2 Å². The van der Waals surface area contributed by atoms with Crippen molar-refractivity contribution < 1.29 is 19.1 Å². The molecule has 33 heavy (non-hydrogen) atoms. The topological polar surface area (TPSA) is 93.4 Å². The van der Waals surface area contributed by atoms with Crippen molar-refractivity contribution in [2.24, 2.45) is 0 Å². The lowest BCUT2D eigenvalue weighted by atomic mass is 10.1. The Kier molecular flexibility index (Phi) is 7.31. The summed E-state index contributed by atoms with van der Waals surface area (Å²) < 4.78 is 12.1. The number of anilines is 1. The minimum atomic E-state index is -0.494. The Balaban J connectivity index is 1.86. The third-order valence-corrected chi connectivity index (χ3v) is 5.12. The SMILES string of the molecule is CCOC(=O)c1ccc(-n2c(C)cc(C=C(C#N)C(=O)Nc3ccc(OC)cc3)c2C)cc1. The molecule has 2 aromatic carbocycles. The standard InChI is InChI=1S/C26H25N3O4/c1-5-33-26(31)19-6-10-23(11-7-19)29-17(2)14-20(18(29)3)15-21(16-27)25(30)28-22-8-12-24(32-4)13-9-22/h6-15H,5H2,1-4H3,(H,28,30). The van der Waals surface area contributed by atoms with E-state index in [1.54, 1.807) is 56.5 Å². The van der Waals surface area contributed by atoms with Crippen LogP contribution in [0.5, 0.6) is 5.75 Å². The first-order chi connectivity index (χ1) is 15.9. The fourth-order valence-electron chi connectivity index (χ4n) is 3.47. The monoisotopic (exact) mass is 443 g/mol. The average Bonchev–Trinajstić information content (AvgIpc) is 3.10. The molecule has 0 saturated heterocycles. The van der Waals surface area contributed by atoms with Crippen molar-refractivity contribution in [1.82, 2.24) is 4.57 Å². The number of esters is 1. The number of hydrogen-bond acceptors (Lipinski definition) is 5. The first kappa shape index (κ1) is 23.4. The van der Waals surface area contributed by atoms with Crippen molar-refractivity contribution in [1.29, 1.82) is 5.26 Å². The first-order valence-corrected chi connectivity index (χ1v) is 10.4. The summed E-state index contributed by atoms with van der Waals surface area (Å²) in [6.07, 6.45) is 1.57. The van der Waals surface area contributed by atoms with Crippen LogP contribution in [0.1, 0.15) is 34.2 Å². The van der Waals surface area contributed by atoms with Gasteiger partial charge in [-0.1, -0.05) is 0 Å². The van der Waals surface area contributed by atoms with Crippen LogP contribution in [0.15, 0.2) is 60.2 Å². The van der Waals surface area contributed by atoms with Crippen LogP contribution in [0.25, 0.3) is 11.8 Å². The molecule has 168 valence electrons. The van der Waals surface area contributed by atoms with Crippen LogP contribution < -0.4 is 10.1 Å². The molecular weight excluding hydrogens is 418 g/mol. The molecule has 0 unspecified atom stereocenters. The van der Waals surface area contributed by atoms with Gasteiger partial charge >= 0.3 is 5.97 Å². The minimum Gasteiger partial charge on any atom is -0.497 e. The van der Waals surface area contributed by atoms with Gasteiger partial charge in [0.05, 0.1) is 19.3 Å². The zero-order chi connectivity index (χ0) is 24.0. The second-order valence-electron chi connectivity index (χ2n) is 7.28. The molecule has 1 N–H and O–H groups in total. The first-order valence-electron chi connectivity index (χ1n) is 10.4. The number of nitriles is 1. The van der Waals surface area contributed by atoms with Crippen molar-refractivity contribution >= 4 is 23.6 Å². The van der Waals surface area contributed by atoms with Crippen LogP contribution in [-0.2, 0) is 9.53 Å². The van der Waals surface area contributed by atoms with Gasteiger partial charge in [0, 0.05) is 22.8 Å². The van der Waals surface area contributed by atoms with Crippen molar-refractivity contribution in [2.75, 3.05) is 19.0 Å². The van der Waals surface area contributed by atoms with Crippen molar-refractivity contribution in [3.63, 3.8) is 0 Å². The van der Waals surface area contributed by atoms with Gasteiger partial charge in [-0.2, -0.15) is 5.26 Å². The third kappa shape index (κ3) is 5.31. The zero-order valence-electron chi connectivity index (χ0n) is 19.0. The van der Waals surface area contributed by atoms with Gasteiger partial charge in [-0.3, -0.25) is 4.79 Å². The van der Waals surface area contributed by atoms with Gasteiger partial charge in [-0.15, -0.1) is 0 Å². The molecule has 0 aliphatic rings. The molecule has 0 aliphatic carbocycles. The molecule has 0 atom stereocenters. The summed E-state index contributed by atoms with van der Waals surface area (Å²) in [6.45, 7) is 5.93. The van der Waals surface area contributed by atoms with Crippen LogP contribution in [0.4, 0.5) is 5.69 Å². The Bertz CT molecular complexity index is 1230. The van der Waals surface area contributed by atoms with E-state index in [0.29, 0.717) is 23.6 Å². The van der Waals surface area contributed by atoms with Gasteiger partial charge in [-0.25, -0.2) is 4.79 Å². The number of benzene rings is 2. The number of methoxy groups -OCH3 is 1. The van der Waals surface area contributed by atoms with Gasteiger partial charge in [0.2, 0.25) is 0 Å². The van der Waals surface area contributed by atoms with E-state index in [2.05, 4.69) is 5.32 Å². The second-order valence-corrected chi connectivity index (χ2v) is 7.28. The van der Waals surface area contributed by atoms with E-state index in [-0.39, 0.29) is 11.5 Å². The molecule has 0 aliphatic heterocycles. The van der Waals surface area contributed by atoms with Gasteiger partial charge in [0.15, 0.2) is 0 Å². The van der Waals surface area contributed by atoms with E-state index in [0.717, 1.165) is 22.6 Å². The maximum atomic E-state index is 12.6. The van der Waals surface area contributed by atoms with Gasteiger partial charge < -0.3 is 19.4 Å². The number of aryl methyl sites for hydroxylation is 1. The van der Waals surface area contributed by atoms with E-state index < -0.39 is 5.91 Å². The molecule has 0 radical (unpaired) electrons. The molecule has 0 fully saturated rings. The average molecular weight is 444 g/mol. The van der Waals surface area contributed by atoms with Crippen LogP contribution in [0.3, 0.4) is 0 Å². The number of nitrogens with one attached hydrogen (secondary N) is 1. The second kappa shape index (κ2) is 10.3. The van der Waals surface area contributed by atoms with Crippen LogP contribution >= 0.6 is 0 Å². The Labute approximate surface area is 192 Å². The zero-order valence-corrected chi connectivity index (χ0v) is 19.0. The maximum absolute atomic E-state index is 12.6. The van der Waals surface area contributed by atoms with E-state index in [1.165, 1.54) is 0 Å². The lowest BCUT2D eigenvalue weighted by Gasteiger charge is -2.10. The molecule has 7 heteroatoms. The van der Waals surface area contributed by atoms with E-state index in [9.17, 15) is 14.9 Å². The smallest absolute Gasteiger partial charge is 0.338 e. The van der Waals surface area contributed by atoms with E-state index >= 15 is 0 Å². The number of carbonyl (C=O) groups excluding carboxylic acids is 2. The highest BCUT2D eigenvalue weighted by Crippen LogP contribution is 2.24. The quantitative estimate of drug-likeness (QED) is 0.321. The number of rotatable bonds is 7. The molecule has 3 aromatic rings. The lowest BCUT2D eigenvalue weighted by molar-refractivity contribution is -0.112. The highest BCUT2D eigenvalue weighted by atomic mass is 16.5. The number of amides is 1. The molecular formula is C26H25N3O4. The molecule has 1 aromatic heterocycles. The third-order valence-electron chi connectivity index (χ3n) is 5.12. The predicted molar refractivity (Wildman–Crippen MR) is 126 cm³/mol. The normalized spacial score (nSPS) is 10.9. The molecule has 0 bridgehead atoms. The Morgan fingerprint density at radius 3 is 2.33 bits per heavy atom. The number of ether oxygens (including phenoxy) is 2. The van der Waals surface area contributed by atoms with Crippen LogP contribution in [0, 0.1) is 25.2 Å². The molecule has 0 saturated carbocycles. The number of nitrogens with zero attached hydrogens (tertiary/aromatic N) is 2.